The Morgan fingerprint density at radius 3 is 2.60 bits per heavy atom. The molecule has 0 aromatic rings. The van der Waals surface area contributed by atoms with Crippen molar-refractivity contribution in [2.24, 2.45) is 0 Å². The maximum atomic E-state index is 9.94. The first-order valence-electron chi connectivity index (χ1n) is 8.01. The quantitative estimate of drug-likeness (QED) is 0.775. The summed E-state index contributed by atoms with van der Waals surface area (Å²) in [5.41, 5.74) is 0. The number of likely N-dealkylation sites (tertiary alicyclic amines) is 1. The fourth-order valence-corrected chi connectivity index (χ4v) is 3.39. The summed E-state index contributed by atoms with van der Waals surface area (Å²) in [6, 6.07) is 0.668. The fourth-order valence-electron chi connectivity index (χ4n) is 3.39. The number of rotatable bonds is 5. The van der Waals surface area contributed by atoms with Gasteiger partial charge in [0.05, 0.1) is 12.7 Å². The molecule has 0 spiro atoms. The van der Waals surface area contributed by atoms with Crippen LogP contribution in [0.25, 0.3) is 0 Å². The predicted molar refractivity (Wildman–Crippen MR) is 81.0 cm³/mol. The molecule has 0 radical (unpaired) electrons. The molecule has 2 aliphatic heterocycles. The molecule has 0 unspecified atom stereocenters. The van der Waals surface area contributed by atoms with Crippen LogP contribution in [0.1, 0.15) is 19.3 Å². The van der Waals surface area contributed by atoms with E-state index in [1.54, 1.807) is 7.11 Å². The Morgan fingerprint density at radius 2 is 1.90 bits per heavy atom. The van der Waals surface area contributed by atoms with E-state index in [2.05, 4.69) is 21.7 Å². The molecule has 0 aromatic heterocycles. The molecule has 2 rings (SSSR count). The Balaban J connectivity index is 1.83. The molecule has 1 N–H and O–H groups in total. The Hall–Kier alpha value is -0.200. The van der Waals surface area contributed by atoms with Crippen molar-refractivity contribution in [2.45, 2.75) is 31.4 Å². The molecule has 2 fully saturated rings. The maximum Gasteiger partial charge on any atom is 0.0900 e. The second-order valence-corrected chi connectivity index (χ2v) is 6.36. The normalized spacial score (nSPS) is 29.2. The number of ether oxygens (including phenoxy) is 1. The lowest BCUT2D eigenvalue weighted by Gasteiger charge is -2.39. The van der Waals surface area contributed by atoms with E-state index >= 15 is 0 Å². The molecule has 0 amide bonds. The highest BCUT2D eigenvalue weighted by Crippen LogP contribution is 2.17. The lowest BCUT2D eigenvalue weighted by molar-refractivity contribution is 0.0282. The maximum absolute atomic E-state index is 9.94. The SMILES string of the molecule is COC[C@@H](O)CN1CCCC[C@H](N2CCN(C)CC2)C1. The molecule has 0 aliphatic carbocycles. The van der Waals surface area contributed by atoms with Crippen molar-refractivity contribution in [3.63, 3.8) is 0 Å². The van der Waals surface area contributed by atoms with Crippen molar-refractivity contribution < 1.29 is 9.84 Å². The van der Waals surface area contributed by atoms with Gasteiger partial charge in [-0.2, -0.15) is 0 Å². The molecule has 2 aliphatic rings. The molecule has 2 atom stereocenters. The molecule has 20 heavy (non-hydrogen) atoms. The highest BCUT2D eigenvalue weighted by atomic mass is 16.5. The van der Waals surface area contributed by atoms with Crippen LogP contribution in [-0.4, -0.2) is 98.5 Å². The van der Waals surface area contributed by atoms with Gasteiger partial charge >= 0.3 is 0 Å². The van der Waals surface area contributed by atoms with Gasteiger partial charge in [-0.05, 0) is 26.4 Å². The molecule has 5 nitrogen and oxygen atoms in total. The van der Waals surface area contributed by atoms with Crippen LogP contribution in [0.15, 0.2) is 0 Å². The van der Waals surface area contributed by atoms with E-state index < -0.39 is 0 Å². The highest BCUT2D eigenvalue weighted by Gasteiger charge is 2.26. The van der Waals surface area contributed by atoms with Gasteiger partial charge in [0.2, 0.25) is 0 Å². The van der Waals surface area contributed by atoms with Crippen molar-refractivity contribution in [1.29, 1.82) is 0 Å². The predicted octanol–water partition coefficient (Wildman–Crippen LogP) is 0.0956. The number of piperazine rings is 1. The summed E-state index contributed by atoms with van der Waals surface area (Å²) < 4.78 is 5.04. The summed E-state index contributed by atoms with van der Waals surface area (Å²) in [4.78, 5) is 7.49. The van der Waals surface area contributed by atoms with Crippen molar-refractivity contribution >= 4 is 0 Å². The Morgan fingerprint density at radius 1 is 1.15 bits per heavy atom. The molecule has 5 heteroatoms. The molecular formula is C15H31N3O2. The summed E-state index contributed by atoms with van der Waals surface area (Å²) in [6.45, 7) is 8.15. The van der Waals surface area contributed by atoms with E-state index in [0.717, 1.165) is 19.6 Å². The second kappa shape index (κ2) is 8.29. The number of likely N-dealkylation sites (N-methyl/N-ethyl adjacent to an activating group) is 1. The van der Waals surface area contributed by atoms with Crippen molar-refractivity contribution in [3.05, 3.63) is 0 Å². The fraction of sp³-hybridized carbons (Fsp3) is 1.00. The summed E-state index contributed by atoms with van der Waals surface area (Å²) in [5.74, 6) is 0. The molecule has 0 bridgehead atoms. The minimum atomic E-state index is -0.355. The number of hydrogen-bond acceptors (Lipinski definition) is 5. The summed E-state index contributed by atoms with van der Waals surface area (Å²) in [5, 5.41) is 9.94. The van der Waals surface area contributed by atoms with Gasteiger partial charge in [0, 0.05) is 52.4 Å². The van der Waals surface area contributed by atoms with Crippen LogP contribution in [0, 0.1) is 0 Å². The van der Waals surface area contributed by atoms with E-state index in [4.69, 9.17) is 4.74 Å². The monoisotopic (exact) mass is 285 g/mol. The standard InChI is InChI=1S/C15H31N3O2/c1-16-7-9-18(10-8-16)14-5-3-4-6-17(11-14)12-15(19)13-20-2/h14-15,19H,3-13H2,1-2H3/t14-,15-/m0/s1. The molecule has 0 aromatic carbocycles. The Kier molecular flexibility index (Phi) is 6.71. The highest BCUT2D eigenvalue weighted by molar-refractivity contribution is 4.83. The summed E-state index contributed by atoms with van der Waals surface area (Å²) >= 11 is 0. The first-order chi connectivity index (χ1) is 9.69. The van der Waals surface area contributed by atoms with Crippen LogP contribution in [0.3, 0.4) is 0 Å². The second-order valence-electron chi connectivity index (χ2n) is 6.36. The molecule has 0 saturated carbocycles. The summed E-state index contributed by atoms with van der Waals surface area (Å²) in [6.07, 6.45) is 3.52. The largest absolute Gasteiger partial charge is 0.389 e. The Bertz CT molecular complexity index is 270. The number of nitrogens with zero attached hydrogens (tertiary/aromatic N) is 3. The molecular weight excluding hydrogens is 254 g/mol. The van der Waals surface area contributed by atoms with E-state index in [1.807, 2.05) is 0 Å². The van der Waals surface area contributed by atoms with Gasteiger partial charge in [0.25, 0.3) is 0 Å². The molecule has 2 saturated heterocycles. The zero-order valence-electron chi connectivity index (χ0n) is 13.1. The van der Waals surface area contributed by atoms with E-state index in [-0.39, 0.29) is 6.10 Å². The van der Waals surface area contributed by atoms with E-state index in [1.165, 1.54) is 45.4 Å². The zero-order valence-corrected chi connectivity index (χ0v) is 13.1. The number of hydrogen-bond donors (Lipinski definition) is 1. The van der Waals surface area contributed by atoms with Gasteiger partial charge in [-0.1, -0.05) is 6.42 Å². The number of β-amino-alcohol motifs (C(OH)–C–C–N with tert-alkyl or cyclic N) is 1. The number of methoxy groups -OCH3 is 1. The van der Waals surface area contributed by atoms with Gasteiger partial charge in [-0.25, -0.2) is 0 Å². The number of aliphatic hydroxyl groups excluding tert-OH is 1. The first-order valence-corrected chi connectivity index (χ1v) is 8.01. The smallest absolute Gasteiger partial charge is 0.0900 e. The van der Waals surface area contributed by atoms with E-state index in [9.17, 15) is 5.11 Å². The van der Waals surface area contributed by atoms with Gasteiger partial charge < -0.3 is 14.7 Å². The summed E-state index contributed by atoms with van der Waals surface area (Å²) in [7, 11) is 3.86. The lowest BCUT2D eigenvalue weighted by Crippen LogP contribution is -2.52. The average molecular weight is 285 g/mol. The van der Waals surface area contributed by atoms with E-state index in [0.29, 0.717) is 12.6 Å². The third-order valence-electron chi connectivity index (χ3n) is 4.61. The molecule has 118 valence electrons. The van der Waals surface area contributed by atoms with Crippen LogP contribution in [0.4, 0.5) is 0 Å². The van der Waals surface area contributed by atoms with Crippen LogP contribution in [0.5, 0.6) is 0 Å². The average Bonchev–Trinajstić information content (AvgIpc) is 2.65. The van der Waals surface area contributed by atoms with Gasteiger partial charge in [0.1, 0.15) is 0 Å². The zero-order chi connectivity index (χ0) is 14.4. The van der Waals surface area contributed by atoms with Gasteiger partial charge in [-0.15, -0.1) is 0 Å². The third-order valence-corrected chi connectivity index (χ3v) is 4.61. The third kappa shape index (κ3) is 4.97. The minimum absolute atomic E-state index is 0.355. The minimum Gasteiger partial charge on any atom is -0.389 e. The van der Waals surface area contributed by atoms with Gasteiger partial charge in [0.15, 0.2) is 0 Å². The van der Waals surface area contributed by atoms with Crippen LogP contribution in [-0.2, 0) is 4.74 Å². The van der Waals surface area contributed by atoms with Crippen molar-refractivity contribution in [2.75, 3.05) is 66.6 Å². The number of aliphatic hydroxyl groups is 1. The topological polar surface area (TPSA) is 39.2 Å². The first kappa shape index (κ1) is 16.2. The lowest BCUT2D eigenvalue weighted by atomic mass is 10.1. The molecule has 2 heterocycles. The van der Waals surface area contributed by atoms with Crippen molar-refractivity contribution in [1.82, 2.24) is 14.7 Å². The van der Waals surface area contributed by atoms with Crippen LogP contribution >= 0.6 is 0 Å². The van der Waals surface area contributed by atoms with Crippen molar-refractivity contribution in [3.8, 4) is 0 Å². The van der Waals surface area contributed by atoms with Gasteiger partial charge in [-0.3, -0.25) is 9.80 Å². The Labute approximate surface area is 123 Å². The van der Waals surface area contributed by atoms with Crippen LogP contribution < -0.4 is 0 Å². The van der Waals surface area contributed by atoms with Crippen LogP contribution in [0.2, 0.25) is 0 Å².